The van der Waals surface area contributed by atoms with Crippen LogP contribution in [0.25, 0.3) is 0 Å². The molecule has 1 aromatic heterocycles. The molecule has 2 heterocycles. The van der Waals surface area contributed by atoms with E-state index in [1.54, 1.807) is 6.07 Å². The minimum absolute atomic E-state index is 0.0439. The van der Waals surface area contributed by atoms with E-state index < -0.39 is 17.9 Å². The fourth-order valence-corrected chi connectivity index (χ4v) is 3.42. The Balaban J connectivity index is 1.73. The van der Waals surface area contributed by atoms with Crippen molar-refractivity contribution in [1.82, 2.24) is 0 Å². The van der Waals surface area contributed by atoms with Crippen LogP contribution in [0.15, 0.2) is 25.8 Å². The Morgan fingerprint density at radius 3 is 2.59 bits per heavy atom. The lowest BCUT2D eigenvalue weighted by Gasteiger charge is -2.36. The van der Waals surface area contributed by atoms with Crippen molar-refractivity contribution in [2.45, 2.75) is 39.9 Å². The normalized spacial score (nSPS) is 16.0. The minimum atomic E-state index is -0.863. The molecule has 3 rings (SSSR count). The van der Waals surface area contributed by atoms with Gasteiger partial charge in [0.15, 0.2) is 30.0 Å². The second kappa shape index (κ2) is 8.51. The summed E-state index contributed by atoms with van der Waals surface area (Å²) in [6.07, 6.45) is -0.832. The highest BCUT2D eigenvalue weighted by atomic mass is 35.5. The van der Waals surface area contributed by atoms with Crippen molar-refractivity contribution in [3.8, 4) is 5.75 Å². The fourth-order valence-electron chi connectivity index (χ4n) is 2.89. The number of rotatable bonds is 6. The third kappa shape index (κ3) is 4.59. The van der Waals surface area contributed by atoms with Crippen molar-refractivity contribution in [2.75, 3.05) is 11.4 Å². The summed E-state index contributed by atoms with van der Waals surface area (Å²) in [4.78, 5) is 37.5. The summed E-state index contributed by atoms with van der Waals surface area (Å²) in [5.41, 5.74) is 0.397. The van der Waals surface area contributed by atoms with E-state index in [0.29, 0.717) is 16.5 Å². The first-order valence-electron chi connectivity index (χ1n) is 8.89. The number of ether oxygens (including phenoxy) is 2. The van der Waals surface area contributed by atoms with Gasteiger partial charge in [0.1, 0.15) is 0 Å². The van der Waals surface area contributed by atoms with E-state index in [1.807, 2.05) is 13.8 Å². The van der Waals surface area contributed by atoms with E-state index in [-0.39, 0.29) is 47.9 Å². The van der Waals surface area contributed by atoms with Crippen LogP contribution in [0.2, 0.25) is 10.0 Å². The van der Waals surface area contributed by atoms with Crippen LogP contribution >= 0.6 is 23.2 Å². The van der Waals surface area contributed by atoms with Crippen LogP contribution in [0.3, 0.4) is 0 Å². The molecule has 156 valence electrons. The first-order chi connectivity index (χ1) is 13.7. The fraction of sp³-hybridized carbons (Fsp3) is 0.421. The average Bonchev–Trinajstić information content (AvgIpc) is 2.95. The summed E-state index contributed by atoms with van der Waals surface area (Å²) in [6, 6.07) is 3.09. The topological polar surface area (TPSA) is 99.2 Å². The molecule has 1 atom stereocenters. The number of halogens is 2. The molecule has 0 saturated carbocycles. The molecule has 1 aliphatic heterocycles. The van der Waals surface area contributed by atoms with Crippen LogP contribution in [-0.2, 0) is 20.9 Å². The maximum Gasteiger partial charge on any atom is 0.519 e. The lowest BCUT2D eigenvalue weighted by atomic mass is 10.0. The summed E-state index contributed by atoms with van der Waals surface area (Å²) in [5.74, 6) is -1.13. The molecule has 0 bridgehead atoms. The molecule has 29 heavy (non-hydrogen) atoms. The Labute approximate surface area is 176 Å². The van der Waals surface area contributed by atoms with Crippen LogP contribution in [0, 0.1) is 12.8 Å². The second-order valence-electron chi connectivity index (χ2n) is 6.85. The zero-order valence-electron chi connectivity index (χ0n) is 16.0. The van der Waals surface area contributed by atoms with Gasteiger partial charge in [-0.2, -0.15) is 0 Å². The number of hydrogen-bond acceptors (Lipinski definition) is 7. The van der Waals surface area contributed by atoms with Crippen LogP contribution < -0.4 is 15.5 Å². The van der Waals surface area contributed by atoms with Gasteiger partial charge in [-0.1, -0.05) is 37.0 Å². The molecule has 1 aliphatic rings. The lowest BCUT2D eigenvalue weighted by molar-refractivity contribution is -0.145. The van der Waals surface area contributed by atoms with E-state index in [0.717, 1.165) is 0 Å². The molecule has 0 radical (unpaired) electrons. The Bertz CT molecular complexity index is 995. The second-order valence-corrected chi connectivity index (χ2v) is 7.70. The first kappa shape index (κ1) is 21.3. The van der Waals surface area contributed by atoms with Gasteiger partial charge in [-0.05, 0) is 25.0 Å². The van der Waals surface area contributed by atoms with E-state index in [1.165, 1.54) is 17.9 Å². The predicted molar refractivity (Wildman–Crippen MR) is 104 cm³/mol. The summed E-state index contributed by atoms with van der Waals surface area (Å²) in [5, 5.41) is 0.620. The van der Waals surface area contributed by atoms with Gasteiger partial charge in [0.2, 0.25) is 0 Å². The molecule has 0 fully saturated rings. The quantitative estimate of drug-likeness (QED) is 0.626. The molecule has 1 amide bonds. The van der Waals surface area contributed by atoms with E-state index in [2.05, 4.69) is 0 Å². The Hall–Kier alpha value is -2.45. The van der Waals surface area contributed by atoms with Crippen molar-refractivity contribution in [2.24, 2.45) is 5.92 Å². The third-order valence-electron chi connectivity index (χ3n) is 4.38. The molecule has 2 aromatic rings. The van der Waals surface area contributed by atoms with Crippen LogP contribution in [0.4, 0.5) is 5.69 Å². The highest BCUT2D eigenvalue weighted by Crippen LogP contribution is 2.43. The SMILES string of the molecule is Cc1oc(=O)oc1COC(=O)CCN1C(=O)C(C(C)C)Oc2c(Cl)cc(Cl)cc21. The molecule has 1 unspecified atom stereocenters. The molecule has 0 aliphatic carbocycles. The van der Waals surface area contributed by atoms with E-state index in [4.69, 9.17) is 41.5 Å². The van der Waals surface area contributed by atoms with Gasteiger partial charge in [-0.15, -0.1) is 0 Å². The molecule has 1 aromatic carbocycles. The number of aryl methyl sites for hydroxylation is 1. The molecule has 8 nitrogen and oxygen atoms in total. The van der Waals surface area contributed by atoms with Crippen molar-refractivity contribution in [1.29, 1.82) is 0 Å². The monoisotopic (exact) mass is 443 g/mol. The lowest BCUT2D eigenvalue weighted by Crippen LogP contribution is -2.49. The molecule has 0 saturated heterocycles. The number of carbonyl (C=O) groups is 2. The van der Waals surface area contributed by atoms with Crippen molar-refractivity contribution >= 4 is 40.8 Å². The number of esters is 1. The maximum absolute atomic E-state index is 12.9. The number of benzene rings is 1. The highest BCUT2D eigenvalue weighted by molar-refractivity contribution is 6.36. The minimum Gasteiger partial charge on any atom is -0.477 e. The van der Waals surface area contributed by atoms with Gasteiger partial charge in [-0.25, -0.2) is 4.79 Å². The van der Waals surface area contributed by atoms with E-state index in [9.17, 15) is 14.4 Å². The summed E-state index contributed by atoms with van der Waals surface area (Å²) < 4.78 is 20.4. The molecule has 0 N–H and O–H groups in total. The summed E-state index contributed by atoms with van der Waals surface area (Å²) in [6.45, 7) is 5.03. The number of carbonyl (C=O) groups excluding carboxylic acids is 2. The van der Waals surface area contributed by atoms with Gasteiger partial charge in [0.05, 0.1) is 17.1 Å². The number of nitrogens with zero attached hydrogens (tertiary/aromatic N) is 1. The number of amides is 1. The van der Waals surface area contributed by atoms with Crippen molar-refractivity contribution in [3.05, 3.63) is 44.3 Å². The number of fused-ring (bicyclic) bond motifs is 1. The average molecular weight is 444 g/mol. The highest BCUT2D eigenvalue weighted by Gasteiger charge is 2.37. The van der Waals surface area contributed by atoms with E-state index >= 15 is 0 Å². The standard InChI is InChI=1S/C19H19Cl2NO7/c1-9(2)16-18(24)22(13-7-11(20)6-12(21)17(13)29-16)5-4-15(23)26-8-14-10(3)27-19(25)28-14/h6-7,9,16H,4-5,8H2,1-3H3. The van der Waals surface area contributed by atoms with Gasteiger partial charge in [-0.3, -0.25) is 9.59 Å². The van der Waals surface area contributed by atoms with Crippen LogP contribution in [-0.4, -0.2) is 24.5 Å². The smallest absolute Gasteiger partial charge is 0.477 e. The summed E-state index contributed by atoms with van der Waals surface area (Å²) in [7, 11) is 0. The maximum atomic E-state index is 12.9. The van der Waals surface area contributed by atoms with Crippen LogP contribution in [0.5, 0.6) is 5.75 Å². The zero-order chi connectivity index (χ0) is 21.3. The van der Waals surface area contributed by atoms with Gasteiger partial charge in [0, 0.05) is 11.6 Å². The largest absolute Gasteiger partial charge is 0.519 e. The Morgan fingerprint density at radius 1 is 1.24 bits per heavy atom. The zero-order valence-corrected chi connectivity index (χ0v) is 17.5. The number of hydrogen-bond donors (Lipinski definition) is 0. The van der Waals surface area contributed by atoms with Crippen molar-refractivity contribution < 1.29 is 27.9 Å². The van der Waals surface area contributed by atoms with Crippen molar-refractivity contribution in [3.63, 3.8) is 0 Å². The molecule has 10 heteroatoms. The van der Waals surface area contributed by atoms with Gasteiger partial charge >= 0.3 is 11.8 Å². The Morgan fingerprint density at radius 2 is 1.97 bits per heavy atom. The van der Waals surface area contributed by atoms with Gasteiger partial charge < -0.3 is 23.2 Å². The predicted octanol–water partition coefficient (Wildman–Crippen LogP) is 3.73. The first-order valence-corrected chi connectivity index (χ1v) is 9.65. The molecular formula is C19H19Cl2NO7. The molecular weight excluding hydrogens is 425 g/mol. The third-order valence-corrected chi connectivity index (χ3v) is 4.88. The summed E-state index contributed by atoms with van der Waals surface area (Å²) >= 11 is 12.3. The Kier molecular flexibility index (Phi) is 6.24. The molecule has 0 spiro atoms. The number of anilines is 1. The van der Waals surface area contributed by atoms with Gasteiger partial charge in [0.25, 0.3) is 5.91 Å². The van der Waals surface area contributed by atoms with Crippen LogP contribution in [0.1, 0.15) is 31.8 Å².